The van der Waals surface area contributed by atoms with E-state index in [-0.39, 0.29) is 0 Å². The summed E-state index contributed by atoms with van der Waals surface area (Å²) in [6, 6.07) is 5.53. The van der Waals surface area contributed by atoms with Crippen molar-refractivity contribution in [3.8, 4) is 5.75 Å². The number of rotatable bonds is 3. The van der Waals surface area contributed by atoms with Gasteiger partial charge in [0.2, 0.25) is 0 Å². The van der Waals surface area contributed by atoms with Crippen LogP contribution >= 0.6 is 27.5 Å². The number of benzene rings is 1. The molecule has 0 spiro atoms. The first-order chi connectivity index (χ1) is 8.54. The fraction of sp³-hybridized carbons (Fsp3) is 0.250. The number of anilines is 1. The molecule has 0 saturated heterocycles. The summed E-state index contributed by atoms with van der Waals surface area (Å²) in [4.78, 5) is 0. The molecule has 6 heteroatoms. The Labute approximate surface area is 119 Å². The quantitative estimate of drug-likeness (QED) is 0.940. The van der Waals surface area contributed by atoms with Crippen molar-refractivity contribution in [2.45, 2.75) is 13.5 Å². The van der Waals surface area contributed by atoms with E-state index in [1.54, 1.807) is 11.8 Å². The van der Waals surface area contributed by atoms with E-state index in [0.29, 0.717) is 17.4 Å². The van der Waals surface area contributed by atoms with Crippen molar-refractivity contribution in [3.05, 3.63) is 39.0 Å². The maximum absolute atomic E-state index is 6.18. The highest BCUT2D eigenvalue weighted by molar-refractivity contribution is 9.10. The van der Waals surface area contributed by atoms with Crippen LogP contribution in [-0.2, 0) is 6.54 Å². The van der Waals surface area contributed by atoms with Gasteiger partial charge >= 0.3 is 0 Å². The fourth-order valence-corrected chi connectivity index (χ4v) is 2.24. The predicted molar refractivity (Wildman–Crippen MR) is 76.2 cm³/mol. The number of aryl methyl sites for hydroxylation is 1. The summed E-state index contributed by atoms with van der Waals surface area (Å²) in [7, 11) is 1.61. The zero-order valence-corrected chi connectivity index (χ0v) is 12.4. The van der Waals surface area contributed by atoms with Crippen molar-refractivity contribution in [2.75, 3.05) is 12.8 Å². The average molecular weight is 331 g/mol. The Bertz CT molecular complexity index is 583. The van der Waals surface area contributed by atoms with Gasteiger partial charge in [0.15, 0.2) is 0 Å². The van der Waals surface area contributed by atoms with Gasteiger partial charge in [-0.05, 0) is 35.0 Å². The minimum absolute atomic E-state index is 0.473. The van der Waals surface area contributed by atoms with E-state index in [1.165, 1.54) is 0 Å². The molecule has 0 aliphatic rings. The van der Waals surface area contributed by atoms with Crippen LogP contribution in [0.4, 0.5) is 5.82 Å². The summed E-state index contributed by atoms with van der Waals surface area (Å²) >= 11 is 9.58. The highest BCUT2D eigenvalue weighted by atomic mass is 79.9. The Hall–Kier alpha value is -1.20. The van der Waals surface area contributed by atoms with Gasteiger partial charge in [-0.15, -0.1) is 0 Å². The molecule has 0 aliphatic carbocycles. The van der Waals surface area contributed by atoms with E-state index in [1.807, 2.05) is 25.1 Å². The van der Waals surface area contributed by atoms with E-state index in [2.05, 4.69) is 21.0 Å². The number of nitrogens with zero attached hydrogens (tertiary/aromatic N) is 2. The molecule has 0 bridgehead atoms. The van der Waals surface area contributed by atoms with Crippen molar-refractivity contribution in [1.82, 2.24) is 9.78 Å². The van der Waals surface area contributed by atoms with E-state index in [0.717, 1.165) is 21.5 Å². The molecule has 2 N–H and O–H groups in total. The van der Waals surface area contributed by atoms with E-state index in [9.17, 15) is 0 Å². The molecule has 0 radical (unpaired) electrons. The maximum Gasteiger partial charge on any atom is 0.136 e. The smallest absolute Gasteiger partial charge is 0.136 e. The Morgan fingerprint density at radius 2 is 2.22 bits per heavy atom. The number of methoxy groups -OCH3 is 1. The molecule has 1 aromatic carbocycles. The van der Waals surface area contributed by atoms with E-state index >= 15 is 0 Å². The third-order valence-corrected chi connectivity index (χ3v) is 4.03. The molecule has 0 fully saturated rings. The molecule has 4 nitrogen and oxygen atoms in total. The lowest BCUT2D eigenvalue weighted by molar-refractivity contribution is 0.407. The molecule has 0 amide bonds. The maximum atomic E-state index is 6.18. The summed E-state index contributed by atoms with van der Waals surface area (Å²) in [5, 5.41) is 4.99. The number of aromatic nitrogens is 2. The molecule has 0 atom stereocenters. The number of ether oxygens (including phenoxy) is 1. The third kappa shape index (κ3) is 2.33. The van der Waals surface area contributed by atoms with Gasteiger partial charge in [0.25, 0.3) is 0 Å². The van der Waals surface area contributed by atoms with Crippen LogP contribution in [0.3, 0.4) is 0 Å². The second-order valence-electron chi connectivity index (χ2n) is 3.86. The van der Waals surface area contributed by atoms with Gasteiger partial charge in [-0.2, -0.15) is 5.10 Å². The van der Waals surface area contributed by atoms with Crippen LogP contribution in [0.5, 0.6) is 5.75 Å². The van der Waals surface area contributed by atoms with Crippen molar-refractivity contribution in [2.24, 2.45) is 0 Å². The van der Waals surface area contributed by atoms with Crippen LogP contribution in [0.25, 0.3) is 0 Å². The summed E-state index contributed by atoms with van der Waals surface area (Å²) in [6.07, 6.45) is 0. The molecule has 1 aromatic heterocycles. The Kier molecular flexibility index (Phi) is 3.82. The van der Waals surface area contributed by atoms with Crippen LogP contribution in [0.15, 0.2) is 22.7 Å². The Morgan fingerprint density at radius 1 is 1.50 bits per heavy atom. The minimum Gasteiger partial charge on any atom is -0.496 e. The van der Waals surface area contributed by atoms with Gasteiger partial charge < -0.3 is 10.5 Å². The summed E-state index contributed by atoms with van der Waals surface area (Å²) < 4.78 is 7.81. The summed E-state index contributed by atoms with van der Waals surface area (Å²) in [5.74, 6) is 1.31. The predicted octanol–water partition coefficient (Wildman–Crippen LogP) is 3.25. The fourth-order valence-electron chi connectivity index (χ4n) is 1.73. The highest BCUT2D eigenvalue weighted by Gasteiger charge is 2.14. The van der Waals surface area contributed by atoms with Crippen LogP contribution in [-0.4, -0.2) is 16.9 Å². The monoisotopic (exact) mass is 329 g/mol. The average Bonchev–Trinajstić information content (AvgIpc) is 2.59. The molecule has 1 heterocycles. The number of nitrogen functional groups attached to an aromatic ring is 1. The Balaban J connectivity index is 2.42. The number of nitrogens with two attached hydrogens (primary N) is 1. The van der Waals surface area contributed by atoms with Crippen molar-refractivity contribution in [3.63, 3.8) is 0 Å². The third-order valence-electron chi connectivity index (χ3n) is 2.69. The molecule has 0 saturated carbocycles. The highest BCUT2D eigenvalue weighted by Crippen LogP contribution is 2.29. The van der Waals surface area contributed by atoms with Crippen molar-refractivity contribution in [1.29, 1.82) is 0 Å². The second kappa shape index (κ2) is 5.20. The van der Waals surface area contributed by atoms with Crippen LogP contribution in [0.2, 0.25) is 5.02 Å². The molecule has 0 unspecified atom stereocenters. The molecule has 18 heavy (non-hydrogen) atoms. The molecule has 96 valence electrons. The Morgan fingerprint density at radius 3 is 2.78 bits per heavy atom. The van der Waals surface area contributed by atoms with Crippen LogP contribution < -0.4 is 10.5 Å². The standard InChI is InChI=1S/C12H13BrClN3O/c1-7-11(13)12(15)17(16-7)6-8-9(14)4-3-5-10(8)18-2/h3-5H,6,15H2,1-2H3. The lowest BCUT2D eigenvalue weighted by atomic mass is 10.2. The normalized spacial score (nSPS) is 10.7. The zero-order valence-electron chi connectivity index (χ0n) is 10.1. The van der Waals surface area contributed by atoms with Crippen molar-refractivity contribution < 1.29 is 4.74 Å². The first-order valence-electron chi connectivity index (χ1n) is 5.34. The van der Waals surface area contributed by atoms with Gasteiger partial charge in [-0.25, -0.2) is 4.68 Å². The van der Waals surface area contributed by atoms with E-state index in [4.69, 9.17) is 22.1 Å². The molecule has 0 aliphatic heterocycles. The van der Waals surface area contributed by atoms with Gasteiger partial charge in [0.05, 0.1) is 23.8 Å². The minimum atomic E-state index is 0.473. The largest absolute Gasteiger partial charge is 0.496 e. The SMILES string of the molecule is COc1cccc(Cl)c1Cn1nc(C)c(Br)c1N. The summed E-state index contributed by atoms with van der Waals surface area (Å²) in [6.45, 7) is 2.36. The zero-order chi connectivity index (χ0) is 13.3. The second-order valence-corrected chi connectivity index (χ2v) is 5.06. The number of hydrogen-bond acceptors (Lipinski definition) is 3. The molecular weight excluding hydrogens is 318 g/mol. The topological polar surface area (TPSA) is 53.1 Å². The molecular formula is C12H13BrClN3O. The lowest BCUT2D eigenvalue weighted by Gasteiger charge is -2.11. The van der Waals surface area contributed by atoms with E-state index < -0.39 is 0 Å². The first kappa shape index (κ1) is 13.2. The lowest BCUT2D eigenvalue weighted by Crippen LogP contribution is -2.07. The van der Waals surface area contributed by atoms with Gasteiger partial charge in [-0.1, -0.05) is 17.7 Å². The van der Waals surface area contributed by atoms with Gasteiger partial charge in [-0.3, -0.25) is 0 Å². The first-order valence-corrected chi connectivity index (χ1v) is 6.51. The van der Waals surface area contributed by atoms with Crippen LogP contribution in [0.1, 0.15) is 11.3 Å². The van der Waals surface area contributed by atoms with Gasteiger partial charge in [0, 0.05) is 10.6 Å². The number of halogens is 2. The number of hydrogen-bond donors (Lipinski definition) is 1. The summed E-state index contributed by atoms with van der Waals surface area (Å²) in [5.41, 5.74) is 7.67. The molecule has 2 aromatic rings. The molecule has 2 rings (SSSR count). The van der Waals surface area contributed by atoms with Gasteiger partial charge in [0.1, 0.15) is 11.6 Å². The van der Waals surface area contributed by atoms with Crippen molar-refractivity contribution >= 4 is 33.3 Å². The van der Waals surface area contributed by atoms with Crippen LogP contribution in [0, 0.1) is 6.92 Å².